The Bertz CT molecular complexity index is 358. The average molecular weight is 219 g/mol. The molecule has 0 bridgehead atoms. The van der Waals surface area contributed by atoms with E-state index in [0.29, 0.717) is 0 Å². The van der Waals surface area contributed by atoms with Gasteiger partial charge in [0.05, 0.1) is 0 Å². The summed E-state index contributed by atoms with van der Waals surface area (Å²) in [6.07, 6.45) is 1.81. The summed E-state index contributed by atoms with van der Waals surface area (Å²) < 4.78 is 0. The van der Waals surface area contributed by atoms with E-state index in [9.17, 15) is 0 Å². The van der Waals surface area contributed by atoms with Gasteiger partial charge < -0.3 is 10.6 Å². The first kappa shape index (κ1) is 12.7. The summed E-state index contributed by atoms with van der Waals surface area (Å²) >= 11 is 0. The average Bonchev–Trinajstić information content (AvgIpc) is 2.25. The highest BCUT2D eigenvalue weighted by Gasteiger charge is 2.13. The molecule has 0 aliphatic carbocycles. The Labute approximate surface area is 98.0 Å². The van der Waals surface area contributed by atoms with Gasteiger partial charge in [0.15, 0.2) is 0 Å². The third kappa shape index (κ3) is 3.07. The Hall–Kier alpha value is -1.35. The molecule has 16 heavy (non-hydrogen) atoms. The third-order valence-corrected chi connectivity index (χ3v) is 2.45. The van der Waals surface area contributed by atoms with Crippen molar-refractivity contribution in [3.63, 3.8) is 0 Å². The van der Waals surface area contributed by atoms with Gasteiger partial charge in [-0.25, -0.2) is 4.98 Å². The number of anilines is 1. The van der Waals surface area contributed by atoms with Crippen molar-refractivity contribution < 1.29 is 0 Å². The van der Waals surface area contributed by atoms with Gasteiger partial charge in [0, 0.05) is 30.9 Å². The normalized spacial score (nSPS) is 12.2. The van der Waals surface area contributed by atoms with Crippen LogP contribution in [0.15, 0.2) is 30.5 Å². The van der Waals surface area contributed by atoms with Crippen LogP contribution >= 0.6 is 0 Å². The molecule has 1 aromatic heterocycles. The number of nitrogens with two attached hydrogens (primary N) is 1. The molecule has 1 rings (SSSR count). The molecule has 0 radical (unpaired) electrons. The van der Waals surface area contributed by atoms with Gasteiger partial charge >= 0.3 is 0 Å². The maximum atomic E-state index is 5.95. The molecule has 0 saturated heterocycles. The zero-order valence-electron chi connectivity index (χ0n) is 10.4. The van der Waals surface area contributed by atoms with Gasteiger partial charge in [-0.2, -0.15) is 0 Å². The molecule has 3 heteroatoms. The van der Waals surface area contributed by atoms with Gasteiger partial charge in [0.1, 0.15) is 5.82 Å². The van der Waals surface area contributed by atoms with E-state index in [1.54, 1.807) is 0 Å². The molecular weight excluding hydrogens is 198 g/mol. The molecule has 0 amide bonds. The Morgan fingerprint density at radius 1 is 1.62 bits per heavy atom. The van der Waals surface area contributed by atoms with E-state index in [-0.39, 0.29) is 6.04 Å². The van der Waals surface area contributed by atoms with Crippen LogP contribution < -0.4 is 10.6 Å². The highest BCUT2D eigenvalue weighted by Crippen LogP contribution is 2.22. The Morgan fingerprint density at radius 2 is 2.31 bits per heavy atom. The lowest BCUT2D eigenvalue weighted by Gasteiger charge is -2.25. The molecule has 1 aromatic rings. The minimum absolute atomic E-state index is 0.00266. The van der Waals surface area contributed by atoms with Crippen LogP contribution in [0.3, 0.4) is 0 Å². The number of hydrogen-bond acceptors (Lipinski definition) is 3. The monoisotopic (exact) mass is 219 g/mol. The van der Waals surface area contributed by atoms with Gasteiger partial charge in [-0.15, -0.1) is 0 Å². The van der Waals surface area contributed by atoms with E-state index in [2.05, 4.69) is 23.4 Å². The minimum atomic E-state index is 0.00266. The number of pyridine rings is 1. The Morgan fingerprint density at radius 3 is 2.81 bits per heavy atom. The van der Waals surface area contributed by atoms with Crippen molar-refractivity contribution in [1.29, 1.82) is 0 Å². The third-order valence-electron chi connectivity index (χ3n) is 2.45. The van der Waals surface area contributed by atoms with E-state index in [0.717, 1.165) is 30.0 Å². The molecule has 0 fully saturated rings. The molecule has 0 spiro atoms. The van der Waals surface area contributed by atoms with Crippen LogP contribution in [0.1, 0.15) is 32.4 Å². The molecule has 88 valence electrons. The largest absolute Gasteiger partial charge is 0.353 e. The van der Waals surface area contributed by atoms with Gasteiger partial charge in [0.25, 0.3) is 0 Å². The van der Waals surface area contributed by atoms with Crippen molar-refractivity contribution in [2.75, 3.05) is 18.0 Å². The van der Waals surface area contributed by atoms with Crippen LogP contribution in [0, 0.1) is 0 Å². The molecule has 2 N–H and O–H groups in total. The highest BCUT2D eigenvalue weighted by atomic mass is 15.2. The summed E-state index contributed by atoms with van der Waals surface area (Å²) in [5, 5.41) is 0. The van der Waals surface area contributed by atoms with E-state index in [4.69, 9.17) is 5.73 Å². The Balaban J connectivity index is 3.03. The zero-order valence-corrected chi connectivity index (χ0v) is 10.4. The van der Waals surface area contributed by atoms with E-state index in [1.807, 2.05) is 32.2 Å². The molecule has 3 nitrogen and oxygen atoms in total. The summed E-state index contributed by atoms with van der Waals surface area (Å²) in [5.74, 6) is 0.975. The second-order valence-electron chi connectivity index (χ2n) is 4.18. The Kier molecular flexibility index (Phi) is 4.50. The summed E-state index contributed by atoms with van der Waals surface area (Å²) in [6, 6.07) is 3.97. The van der Waals surface area contributed by atoms with Crippen molar-refractivity contribution >= 4 is 5.82 Å². The lowest BCUT2D eigenvalue weighted by molar-refractivity contribution is 0.780. The maximum absolute atomic E-state index is 5.95. The molecule has 1 atom stereocenters. The minimum Gasteiger partial charge on any atom is -0.353 e. The highest BCUT2D eigenvalue weighted by molar-refractivity contribution is 5.49. The molecule has 0 aromatic carbocycles. The van der Waals surface area contributed by atoms with Crippen LogP contribution in [-0.4, -0.2) is 18.1 Å². The van der Waals surface area contributed by atoms with E-state index < -0.39 is 0 Å². The van der Waals surface area contributed by atoms with Gasteiger partial charge in [-0.05, 0) is 26.8 Å². The van der Waals surface area contributed by atoms with Gasteiger partial charge in [-0.3, -0.25) is 0 Å². The maximum Gasteiger partial charge on any atom is 0.133 e. The lowest BCUT2D eigenvalue weighted by Crippen LogP contribution is -2.27. The second kappa shape index (κ2) is 5.66. The molecule has 0 aliphatic heterocycles. The van der Waals surface area contributed by atoms with Crippen LogP contribution in [-0.2, 0) is 0 Å². The predicted molar refractivity (Wildman–Crippen MR) is 69.5 cm³/mol. The van der Waals surface area contributed by atoms with Crippen molar-refractivity contribution in [2.45, 2.75) is 26.8 Å². The number of nitrogens with zero attached hydrogens (tertiary/aromatic N) is 2. The molecule has 0 aliphatic rings. The summed E-state index contributed by atoms with van der Waals surface area (Å²) in [6.45, 7) is 11.8. The SMILES string of the molecule is C=C(C)CN(CC)c1ncccc1[C@@H](C)N. The van der Waals surface area contributed by atoms with Crippen LogP contribution in [0.4, 0.5) is 5.82 Å². The first-order valence-corrected chi connectivity index (χ1v) is 5.66. The molecule has 0 unspecified atom stereocenters. The quantitative estimate of drug-likeness (QED) is 0.774. The number of hydrogen-bond donors (Lipinski definition) is 1. The van der Waals surface area contributed by atoms with Crippen LogP contribution in [0.25, 0.3) is 0 Å². The molecular formula is C13H21N3. The lowest BCUT2D eigenvalue weighted by atomic mass is 10.1. The second-order valence-corrected chi connectivity index (χ2v) is 4.18. The smallest absolute Gasteiger partial charge is 0.133 e. The summed E-state index contributed by atoms with van der Waals surface area (Å²) in [4.78, 5) is 6.62. The number of aromatic nitrogens is 1. The van der Waals surface area contributed by atoms with Crippen molar-refractivity contribution in [3.05, 3.63) is 36.0 Å². The van der Waals surface area contributed by atoms with Gasteiger partial charge in [-0.1, -0.05) is 18.2 Å². The zero-order chi connectivity index (χ0) is 12.1. The fraction of sp³-hybridized carbons (Fsp3) is 0.462. The molecule has 1 heterocycles. The van der Waals surface area contributed by atoms with Crippen LogP contribution in [0.2, 0.25) is 0 Å². The number of rotatable bonds is 5. The van der Waals surface area contributed by atoms with E-state index >= 15 is 0 Å². The van der Waals surface area contributed by atoms with Crippen molar-refractivity contribution in [1.82, 2.24) is 4.98 Å². The number of likely N-dealkylation sites (N-methyl/N-ethyl adjacent to an activating group) is 1. The van der Waals surface area contributed by atoms with Gasteiger partial charge in [0.2, 0.25) is 0 Å². The van der Waals surface area contributed by atoms with Crippen molar-refractivity contribution in [2.24, 2.45) is 5.73 Å². The predicted octanol–water partition coefficient (Wildman–Crippen LogP) is 2.50. The van der Waals surface area contributed by atoms with Crippen LogP contribution in [0.5, 0.6) is 0 Å². The first-order valence-electron chi connectivity index (χ1n) is 5.66. The fourth-order valence-corrected chi connectivity index (χ4v) is 1.69. The summed E-state index contributed by atoms with van der Waals surface area (Å²) in [7, 11) is 0. The van der Waals surface area contributed by atoms with E-state index in [1.165, 1.54) is 0 Å². The summed E-state index contributed by atoms with van der Waals surface area (Å²) in [5.41, 5.74) is 8.17. The fourth-order valence-electron chi connectivity index (χ4n) is 1.69. The first-order chi connectivity index (χ1) is 7.56. The topological polar surface area (TPSA) is 42.2 Å². The molecule has 0 saturated carbocycles. The standard InChI is InChI=1S/C13H21N3/c1-5-16(9-10(2)3)13-12(11(4)14)7-6-8-15-13/h6-8,11H,2,5,9,14H2,1,3-4H3/t11-/m1/s1. The van der Waals surface area contributed by atoms with Crippen molar-refractivity contribution in [3.8, 4) is 0 Å².